The zero-order chi connectivity index (χ0) is 21.1. The van der Waals surface area contributed by atoms with Crippen LogP contribution in [-0.4, -0.2) is 52.6 Å². The first-order chi connectivity index (χ1) is 14.5. The van der Waals surface area contributed by atoms with Crippen molar-refractivity contribution in [3.05, 3.63) is 48.4 Å². The standard InChI is InChI=1S/C20H23N5O4S/c1-3-28-17-6-8-18(9-7-17)30(26,27)25-10-4-5-15(13-25)19-23-24-20(29-19)16-11-21-14(2)22-12-16/h6-9,11-12,15H,3-5,10,13H2,1-2H3/t15-/m1/s1. The first kappa shape index (κ1) is 20.4. The minimum atomic E-state index is -3.62. The average Bonchev–Trinajstić information content (AvgIpc) is 3.25. The molecule has 0 bridgehead atoms. The lowest BCUT2D eigenvalue weighted by Gasteiger charge is -2.30. The number of hydrogen-bond donors (Lipinski definition) is 0. The second-order valence-electron chi connectivity index (χ2n) is 7.07. The lowest BCUT2D eigenvalue weighted by Crippen LogP contribution is -2.39. The summed E-state index contributed by atoms with van der Waals surface area (Å²) in [6, 6.07) is 6.50. The van der Waals surface area contributed by atoms with Crippen molar-refractivity contribution in [3.63, 3.8) is 0 Å². The van der Waals surface area contributed by atoms with Gasteiger partial charge in [-0.3, -0.25) is 0 Å². The van der Waals surface area contributed by atoms with Crippen LogP contribution in [0.25, 0.3) is 11.5 Å². The number of sulfonamides is 1. The van der Waals surface area contributed by atoms with Crippen molar-refractivity contribution in [2.45, 2.75) is 37.5 Å². The molecule has 30 heavy (non-hydrogen) atoms. The lowest BCUT2D eigenvalue weighted by molar-refractivity contribution is 0.286. The van der Waals surface area contributed by atoms with Crippen molar-refractivity contribution in [1.29, 1.82) is 0 Å². The van der Waals surface area contributed by atoms with E-state index in [-0.39, 0.29) is 10.8 Å². The van der Waals surface area contributed by atoms with Crippen LogP contribution in [0.2, 0.25) is 0 Å². The number of hydrogen-bond acceptors (Lipinski definition) is 8. The first-order valence-electron chi connectivity index (χ1n) is 9.83. The Hall–Kier alpha value is -2.85. The van der Waals surface area contributed by atoms with E-state index in [9.17, 15) is 8.42 Å². The fraction of sp³-hybridized carbons (Fsp3) is 0.400. The number of piperidine rings is 1. The van der Waals surface area contributed by atoms with Crippen molar-refractivity contribution in [3.8, 4) is 17.2 Å². The highest BCUT2D eigenvalue weighted by Gasteiger charge is 2.33. The van der Waals surface area contributed by atoms with Crippen LogP contribution in [0.1, 0.15) is 37.4 Å². The third-order valence-electron chi connectivity index (χ3n) is 4.97. The van der Waals surface area contributed by atoms with E-state index in [2.05, 4.69) is 20.2 Å². The minimum absolute atomic E-state index is 0.163. The van der Waals surface area contributed by atoms with Crippen molar-refractivity contribution >= 4 is 10.0 Å². The number of rotatable bonds is 6. The SMILES string of the molecule is CCOc1ccc(S(=O)(=O)N2CCC[C@@H](c3nnc(-c4cnc(C)nc4)o3)C2)cc1. The van der Waals surface area contributed by atoms with Crippen molar-refractivity contribution in [2.24, 2.45) is 0 Å². The fourth-order valence-electron chi connectivity index (χ4n) is 3.41. The molecule has 0 unspecified atom stereocenters. The van der Waals surface area contributed by atoms with Gasteiger partial charge in [-0.25, -0.2) is 18.4 Å². The third-order valence-corrected chi connectivity index (χ3v) is 6.85. The van der Waals surface area contributed by atoms with Crippen molar-refractivity contribution < 1.29 is 17.6 Å². The molecule has 1 aromatic carbocycles. The summed E-state index contributed by atoms with van der Waals surface area (Å²) in [5.74, 6) is 1.89. The van der Waals surface area contributed by atoms with Gasteiger partial charge in [0.1, 0.15) is 11.6 Å². The molecule has 10 heteroatoms. The van der Waals surface area contributed by atoms with Gasteiger partial charge in [0.05, 0.1) is 23.0 Å². The molecule has 0 spiro atoms. The van der Waals surface area contributed by atoms with Crippen LogP contribution in [0.3, 0.4) is 0 Å². The summed E-state index contributed by atoms with van der Waals surface area (Å²) in [7, 11) is -3.62. The topological polar surface area (TPSA) is 111 Å². The molecule has 1 atom stereocenters. The molecular formula is C20H23N5O4S. The maximum absolute atomic E-state index is 13.1. The molecule has 1 aliphatic rings. The molecule has 2 aromatic heterocycles. The second kappa shape index (κ2) is 8.49. The van der Waals surface area contributed by atoms with Crippen LogP contribution < -0.4 is 4.74 Å². The van der Waals surface area contributed by atoms with E-state index in [1.54, 1.807) is 43.6 Å². The summed E-state index contributed by atoms with van der Waals surface area (Å²) in [6.45, 7) is 4.96. The summed E-state index contributed by atoms with van der Waals surface area (Å²) in [6.07, 6.45) is 4.75. The van der Waals surface area contributed by atoms with Crippen LogP contribution in [0, 0.1) is 6.92 Å². The van der Waals surface area contributed by atoms with Gasteiger partial charge in [0, 0.05) is 25.5 Å². The normalized spacial score (nSPS) is 17.7. The van der Waals surface area contributed by atoms with E-state index in [0.29, 0.717) is 55.0 Å². The maximum Gasteiger partial charge on any atom is 0.250 e. The van der Waals surface area contributed by atoms with Gasteiger partial charge in [0.2, 0.25) is 15.9 Å². The van der Waals surface area contributed by atoms with Gasteiger partial charge in [-0.05, 0) is 51.0 Å². The summed E-state index contributed by atoms with van der Waals surface area (Å²) < 4.78 is 38.9. The molecule has 0 amide bonds. The Labute approximate surface area is 175 Å². The molecule has 1 saturated heterocycles. The Morgan fingerprint density at radius 2 is 1.90 bits per heavy atom. The van der Waals surface area contributed by atoms with Crippen molar-refractivity contribution in [2.75, 3.05) is 19.7 Å². The predicted molar refractivity (Wildman–Crippen MR) is 108 cm³/mol. The monoisotopic (exact) mass is 429 g/mol. The number of nitrogens with zero attached hydrogens (tertiary/aromatic N) is 5. The molecule has 0 saturated carbocycles. The molecule has 3 aromatic rings. The zero-order valence-electron chi connectivity index (χ0n) is 16.9. The van der Waals surface area contributed by atoms with Crippen LogP contribution >= 0.6 is 0 Å². The smallest absolute Gasteiger partial charge is 0.250 e. The molecule has 0 N–H and O–H groups in total. The summed E-state index contributed by atoms with van der Waals surface area (Å²) in [5.41, 5.74) is 0.633. The molecular weight excluding hydrogens is 406 g/mol. The van der Waals surface area contributed by atoms with Gasteiger partial charge >= 0.3 is 0 Å². The van der Waals surface area contributed by atoms with Gasteiger partial charge < -0.3 is 9.15 Å². The molecule has 1 fully saturated rings. The van der Waals surface area contributed by atoms with E-state index in [4.69, 9.17) is 9.15 Å². The Balaban J connectivity index is 1.51. The highest BCUT2D eigenvalue weighted by atomic mass is 32.2. The summed E-state index contributed by atoms with van der Waals surface area (Å²) in [4.78, 5) is 8.52. The molecule has 158 valence electrons. The summed E-state index contributed by atoms with van der Waals surface area (Å²) in [5, 5.41) is 8.24. The Morgan fingerprint density at radius 3 is 2.60 bits per heavy atom. The van der Waals surface area contributed by atoms with Gasteiger partial charge in [-0.1, -0.05) is 0 Å². The Bertz CT molecular complexity index is 1100. The maximum atomic E-state index is 13.1. The largest absolute Gasteiger partial charge is 0.494 e. The number of aryl methyl sites for hydroxylation is 1. The molecule has 1 aliphatic heterocycles. The highest BCUT2D eigenvalue weighted by molar-refractivity contribution is 7.89. The molecule has 9 nitrogen and oxygen atoms in total. The van der Waals surface area contributed by atoms with Gasteiger partial charge in [-0.2, -0.15) is 4.31 Å². The number of benzene rings is 1. The molecule has 0 aliphatic carbocycles. The van der Waals surface area contributed by atoms with Crippen LogP contribution in [-0.2, 0) is 10.0 Å². The number of aromatic nitrogens is 4. The quantitative estimate of drug-likeness (QED) is 0.588. The second-order valence-corrected chi connectivity index (χ2v) is 9.01. The van der Waals surface area contributed by atoms with E-state index >= 15 is 0 Å². The van der Waals surface area contributed by atoms with E-state index < -0.39 is 10.0 Å². The molecule has 4 rings (SSSR count). The van der Waals surface area contributed by atoms with Crippen molar-refractivity contribution in [1.82, 2.24) is 24.5 Å². The molecule has 0 radical (unpaired) electrons. The van der Waals surface area contributed by atoms with Gasteiger partial charge in [0.25, 0.3) is 5.89 Å². The van der Waals surface area contributed by atoms with Gasteiger partial charge in [-0.15, -0.1) is 10.2 Å². The Morgan fingerprint density at radius 1 is 1.17 bits per heavy atom. The van der Waals surface area contributed by atoms with Gasteiger partial charge in [0.15, 0.2) is 0 Å². The molecule has 3 heterocycles. The van der Waals surface area contributed by atoms with E-state index in [1.807, 2.05) is 6.92 Å². The average molecular weight is 430 g/mol. The van der Waals surface area contributed by atoms with Crippen LogP contribution in [0.5, 0.6) is 5.75 Å². The number of ether oxygens (including phenoxy) is 1. The van der Waals surface area contributed by atoms with Crippen LogP contribution in [0.15, 0.2) is 46.0 Å². The minimum Gasteiger partial charge on any atom is -0.494 e. The third kappa shape index (κ3) is 4.19. The summed E-state index contributed by atoms with van der Waals surface area (Å²) >= 11 is 0. The Kier molecular flexibility index (Phi) is 5.78. The highest BCUT2D eigenvalue weighted by Crippen LogP contribution is 2.31. The van der Waals surface area contributed by atoms with Crippen LogP contribution in [0.4, 0.5) is 0 Å². The fourth-order valence-corrected chi connectivity index (χ4v) is 4.93. The van der Waals surface area contributed by atoms with E-state index in [0.717, 1.165) is 6.42 Å². The zero-order valence-corrected chi connectivity index (χ0v) is 17.7. The predicted octanol–water partition coefficient (Wildman–Crippen LogP) is 2.80. The van der Waals surface area contributed by atoms with E-state index in [1.165, 1.54) is 4.31 Å². The first-order valence-corrected chi connectivity index (χ1v) is 11.3. The lowest BCUT2D eigenvalue weighted by atomic mass is 10.00.